The van der Waals surface area contributed by atoms with E-state index in [1.807, 2.05) is 11.8 Å². The van der Waals surface area contributed by atoms with Crippen LogP contribution in [-0.4, -0.2) is 30.5 Å². The molecule has 0 amide bonds. The van der Waals surface area contributed by atoms with Crippen LogP contribution in [0.25, 0.3) is 0 Å². The molecular formula is C15H21NOS. The Morgan fingerprint density at radius 2 is 1.83 bits per heavy atom. The average molecular weight is 263 g/mol. The van der Waals surface area contributed by atoms with Crippen LogP contribution in [0.1, 0.15) is 25.7 Å². The highest BCUT2D eigenvalue weighted by Crippen LogP contribution is 2.28. The maximum absolute atomic E-state index is 6.02. The SMILES string of the molecule is c1ccc(SCCOC2CC3CCC(C2)N3)cc1. The predicted molar refractivity (Wildman–Crippen MR) is 76.1 cm³/mol. The molecule has 1 N–H and O–H groups in total. The molecule has 3 heteroatoms. The first-order valence-corrected chi connectivity index (χ1v) is 7.94. The number of ether oxygens (including phenoxy) is 1. The molecule has 2 unspecified atom stereocenters. The van der Waals surface area contributed by atoms with Gasteiger partial charge in [0.15, 0.2) is 0 Å². The van der Waals surface area contributed by atoms with Crippen LogP contribution in [-0.2, 0) is 4.74 Å². The van der Waals surface area contributed by atoms with E-state index in [2.05, 4.69) is 35.6 Å². The van der Waals surface area contributed by atoms with Crippen LogP contribution in [0, 0.1) is 0 Å². The van der Waals surface area contributed by atoms with Gasteiger partial charge in [0.05, 0.1) is 12.7 Å². The van der Waals surface area contributed by atoms with E-state index < -0.39 is 0 Å². The Hall–Kier alpha value is -0.510. The van der Waals surface area contributed by atoms with E-state index in [9.17, 15) is 0 Å². The van der Waals surface area contributed by atoms with Crippen molar-refractivity contribution in [3.8, 4) is 0 Å². The summed E-state index contributed by atoms with van der Waals surface area (Å²) in [5.74, 6) is 1.06. The van der Waals surface area contributed by atoms with E-state index in [1.54, 1.807) is 0 Å². The summed E-state index contributed by atoms with van der Waals surface area (Å²) in [6.07, 6.45) is 5.63. The third kappa shape index (κ3) is 3.28. The zero-order chi connectivity index (χ0) is 12.2. The summed E-state index contributed by atoms with van der Waals surface area (Å²) in [7, 11) is 0. The zero-order valence-corrected chi connectivity index (χ0v) is 11.5. The van der Waals surface area contributed by atoms with E-state index in [4.69, 9.17) is 4.74 Å². The van der Waals surface area contributed by atoms with Crippen molar-refractivity contribution in [1.82, 2.24) is 5.32 Å². The highest BCUT2D eigenvalue weighted by molar-refractivity contribution is 7.99. The molecule has 2 atom stereocenters. The van der Waals surface area contributed by atoms with Crippen LogP contribution in [0.4, 0.5) is 0 Å². The number of rotatable bonds is 5. The molecule has 0 spiro atoms. The first-order chi connectivity index (χ1) is 8.90. The fourth-order valence-corrected chi connectivity index (χ4v) is 3.80. The maximum Gasteiger partial charge on any atom is 0.0605 e. The van der Waals surface area contributed by atoms with Crippen molar-refractivity contribution in [2.75, 3.05) is 12.4 Å². The summed E-state index contributed by atoms with van der Waals surface area (Å²) in [5.41, 5.74) is 0. The normalized spacial score (nSPS) is 30.6. The van der Waals surface area contributed by atoms with E-state index in [1.165, 1.54) is 30.6 Å². The Balaban J connectivity index is 1.35. The van der Waals surface area contributed by atoms with Gasteiger partial charge in [-0.15, -0.1) is 11.8 Å². The average Bonchev–Trinajstić information content (AvgIpc) is 2.75. The van der Waals surface area contributed by atoms with Crippen molar-refractivity contribution in [3.63, 3.8) is 0 Å². The number of nitrogens with one attached hydrogen (secondary N) is 1. The summed E-state index contributed by atoms with van der Waals surface area (Å²) in [6.45, 7) is 0.879. The van der Waals surface area contributed by atoms with Gasteiger partial charge in [0.1, 0.15) is 0 Å². The fraction of sp³-hybridized carbons (Fsp3) is 0.600. The molecule has 2 saturated heterocycles. The van der Waals surface area contributed by atoms with Crippen LogP contribution in [0.5, 0.6) is 0 Å². The van der Waals surface area contributed by atoms with Gasteiger partial charge in [0.25, 0.3) is 0 Å². The number of piperidine rings is 1. The van der Waals surface area contributed by atoms with Crippen LogP contribution >= 0.6 is 11.8 Å². The Morgan fingerprint density at radius 3 is 2.56 bits per heavy atom. The smallest absolute Gasteiger partial charge is 0.0605 e. The van der Waals surface area contributed by atoms with Crippen molar-refractivity contribution >= 4 is 11.8 Å². The molecule has 2 nitrogen and oxygen atoms in total. The lowest BCUT2D eigenvalue weighted by molar-refractivity contribution is 0.0297. The number of benzene rings is 1. The molecule has 2 fully saturated rings. The lowest BCUT2D eigenvalue weighted by Crippen LogP contribution is -2.41. The maximum atomic E-state index is 6.02. The van der Waals surface area contributed by atoms with E-state index in [0.29, 0.717) is 6.10 Å². The first-order valence-electron chi connectivity index (χ1n) is 6.95. The molecule has 2 aliphatic heterocycles. The van der Waals surface area contributed by atoms with Gasteiger partial charge in [-0.25, -0.2) is 0 Å². The largest absolute Gasteiger partial charge is 0.377 e. The Bertz CT molecular complexity index is 358. The van der Waals surface area contributed by atoms with Crippen LogP contribution in [0.3, 0.4) is 0 Å². The Morgan fingerprint density at radius 1 is 1.11 bits per heavy atom. The van der Waals surface area contributed by atoms with E-state index >= 15 is 0 Å². The molecule has 0 aromatic heterocycles. The second kappa shape index (κ2) is 6.09. The van der Waals surface area contributed by atoms with E-state index in [0.717, 1.165) is 24.4 Å². The van der Waals surface area contributed by atoms with Gasteiger partial charge >= 0.3 is 0 Å². The predicted octanol–water partition coefficient (Wildman–Crippen LogP) is 3.08. The molecule has 0 aliphatic carbocycles. The fourth-order valence-electron chi connectivity index (χ4n) is 3.03. The minimum absolute atomic E-state index is 0.500. The van der Waals surface area contributed by atoms with Gasteiger partial charge in [-0.1, -0.05) is 18.2 Å². The van der Waals surface area contributed by atoms with Gasteiger partial charge in [-0.05, 0) is 37.8 Å². The first kappa shape index (κ1) is 12.5. The summed E-state index contributed by atoms with van der Waals surface area (Å²) < 4.78 is 6.02. The Kier molecular flexibility index (Phi) is 4.24. The molecule has 2 aliphatic rings. The highest BCUT2D eigenvalue weighted by Gasteiger charge is 2.33. The van der Waals surface area contributed by atoms with Crippen molar-refractivity contribution < 1.29 is 4.74 Å². The second-order valence-corrected chi connectivity index (χ2v) is 6.43. The zero-order valence-electron chi connectivity index (χ0n) is 10.7. The molecular weight excluding hydrogens is 242 g/mol. The van der Waals surface area contributed by atoms with Gasteiger partial charge in [0, 0.05) is 22.7 Å². The highest BCUT2D eigenvalue weighted by atomic mass is 32.2. The number of thioether (sulfide) groups is 1. The lowest BCUT2D eigenvalue weighted by Gasteiger charge is -2.29. The van der Waals surface area contributed by atoms with Crippen molar-refractivity contribution in [3.05, 3.63) is 30.3 Å². The monoisotopic (exact) mass is 263 g/mol. The molecule has 2 bridgehead atoms. The van der Waals surface area contributed by atoms with Crippen LogP contribution in [0.15, 0.2) is 35.2 Å². The van der Waals surface area contributed by atoms with Gasteiger partial charge in [-0.3, -0.25) is 0 Å². The second-order valence-electron chi connectivity index (χ2n) is 5.26. The lowest BCUT2D eigenvalue weighted by atomic mass is 10.0. The van der Waals surface area contributed by atoms with Gasteiger partial charge < -0.3 is 10.1 Å². The molecule has 0 radical (unpaired) electrons. The molecule has 2 heterocycles. The summed E-state index contributed by atoms with van der Waals surface area (Å²) >= 11 is 1.89. The third-order valence-electron chi connectivity index (χ3n) is 3.88. The third-order valence-corrected chi connectivity index (χ3v) is 4.85. The molecule has 1 aromatic rings. The van der Waals surface area contributed by atoms with Crippen LogP contribution < -0.4 is 5.32 Å². The molecule has 18 heavy (non-hydrogen) atoms. The van der Waals surface area contributed by atoms with Gasteiger partial charge in [-0.2, -0.15) is 0 Å². The van der Waals surface area contributed by atoms with Crippen molar-refractivity contribution in [1.29, 1.82) is 0 Å². The standard InChI is InChI=1S/C15H21NOS/c1-2-4-15(5-3-1)18-9-8-17-14-10-12-6-7-13(11-14)16-12/h1-5,12-14,16H,6-11H2. The van der Waals surface area contributed by atoms with Crippen LogP contribution in [0.2, 0.25) is 0 Å². The van der Waals surface area contributed by atoms with E-state index in [-0.39, 0.29) is 0 Å². The molecule has 98 valence electrons. The molecule has 1 aromatic carbocycles. The summed E-state index contributed by atoms with van der Waals surface area (Å²) in [4.78, 5) is 1.34. The quantitative estimate of drug-likeness (QED) is 0.651. The minimum atomic E-state index is 0.500. The summed E-state index contributed by atoms with van der Waals surface area (Å²) in [5, 5.41) is 3.65. The topological polar surface area (TPSA) is 21.3 Å². The molecule has 0 saturated carbocycles. The van der Waals surface area contributed by atoms with Crippen molar-refractivity contribution in [2.24, 2.45) is 0 Å². The Labute approximate surface area is 113 Å². The minimum Gasteiger partial charge on any atom is -0.377 e. The number of hydrogen-bond donors (Lipinski definition) is 1. The van der Waals surface area contributed by atoms with Crippen molar-refractivity contribution in [2.45, 2.75) is 48.8 Å². The number of hydrogen-bond acceptors (Lipinski definition) is 3. The summed E-state index contributed by atoms with van der Waals surface area (Å²) in [6, 6.07) is 12.0. The molecule has 3 rings (SSSR count). The number of fused-ring (bicyclic) bond motifs is 2. The van der Waals surface area contributed by atoms with Gasteiger partial charge in [0.2, 0.25) is 0 Å².